The Labute approximate surface area is 196 Å². The summed E-state index contributed by atoms with van der Waals surface area (Å²) in [5.41, 5.74) is 3.94. The zero-order chi connectivity index (χ0) is 23.9. The quantitative estimate of drug-likeness (QED) is 0.404. The van der Waals surface area contributed by atoms with Crippen LogP contribution in [0, 0.1) is 19.3 Å². The SMILES string of the molecule is COc1cc(CNC(=S)NC(COC(=O)C(C)(C)C)Cc2ccc(C)c(C)c2)ccc1O. The van der Waals surface area contributed by atoms with E-state index < -0.39 is 5.41 Å². The molecule has 0 fully saturated rings. The Morgan fingerprint density at radius 2 is 1.78 bits per heavy atom. The van der Waals surface area contributed by atoms with Crippen molar-refractivity contribution in [3.63, 3.8) is 0 Å². The first-order valence-corrected chi connectivity index (χ1v) is 11.0. The van der Waals surface area contributed by atoms with Crippen molar-refractivity contribution in [1.82, 2.24) is 10.6 Å². The van der Waals surface area contributed by atoms with Gasteiger partial charge in [0.2, 0.25) is 0 Å². The second-order valence-corrected chi connectivity index (χ2v) is 9.41. The van der Waals surface area contributed by atoms with Crippen LogP contribution >= 0.6 is 12.2 Å². The first-order chi connectivity index (χ1) is 15.0. The van der Waals surface area contributed by atoms with Gasteiger partial charge in [0.15, 0.2) is 16.6 Å². The molecule has 0 bridgehead atoms. The number of hydrogen-bond acceptors (Lipinski definition) is 5. The van der Waals surface area contributed by atoms with Gasteiger partial charge >= 0.3 is 5.97 Å². The van der Waals surface area contributed by atoms with Crippen LogP contribution in [0.3, 0.4) is 0 Å². The van der Waals surface area contributed by atoms with E-state index >= 15 is 0 Å². The van der Waals surface area contributed by atoms with E-state index in [1.165, 1.54) is 18.2 Å². The Kier molecular flexibility index (Phi) is 8.89. The molecular formula is C25H34N2O4S. The van der Waals surface area contributed by atoms with Gasteiger partial charge in [-0.3, -0.25) is 4.79 Å². The molecule has 2 aromatic carbocycles. The third kappa shape index (κ3) is 7.71. The highest BCUT2D eigenvalue weighted by Crippen LogP contribution is 2.26. The highest BCUT2D eigenvalue weighted by atomic mass is 32.1. The number of carbonyl (C=O) groups excluding carboxylic acids is 1. The van der Waals surface area contributed by atoms with Crippen LogP contribution in [0.2, 0.25) is 0 Å². The van der Waals surface area contributed by atoms with Gasteiger partial charge in [-0.05, 0) is 87.6 Å². The van der Waals surface area contributed by atoms with Crippen molar-refractivity contribution in [1.29, 1.82) is 0 Å². The molecule has 0 aliphatic carbocycles. The fourth-order valence-electron chi connectivity index (χ4n) is 3.01. The maximum absolute atomic E-state index is 12.3. The molecule has 0 heterocycles. The number of rotatable bonds is 8. The number of phenolic OH excluding ortho intramolecular Hbond substituents is 1. The number of thiocarbonyl (C=S) groups is 1. The molecule has 0 radical (unpaired) electrons. The smallest absolute Gasteiger partial charge is 0.311 e. The number of hydrogen-bond donors (Lipinski definition) is 3. The van der Waals surface area contributed by atoms with Crippen LogP contribution < -0.4 is 15.4 Å². The number of phenols is 1. The maximum atomic E-state index is 12.3. The second-order valence-electron chi connectivity index (χ2n) is 9.00. The van der Waals surface area contributed by atoms with Crippen molar-refractivity contribution in [2.45, 2.75) is 53.6 Å². The molecule has 1 atom stereocenters. The van der Waals surface area contributed by atoms with Gasteiger partial charge < -0.3 is 25.2 Å². The van der Waals surface area contributed by atoms with Crippen LogP contribution in [0.1, 0.15) is 43.0 Å². The molecule has 32 heavy (non-hydrogen) atoms. The largest absolute Gasteiger partial charge is 0.504 e. The summed E-state index contributed by atoms with van der Waals surface area (Å²) in [6.45, 7) is 10.3. The minimum Gasteiger partial charge on any atom is -0.504 e. The van der Waals surface area contributed by atoms with Crippen molar-refractivity contribution < 1.29 is 19.4 Å². The van der Waals surface area contributed by atoms with Crippen LogP contribution in [0.5, 0.6) is 11.5 Å². The fourth-order valence-corrected chi connectivity index (χ4v) is 3.25. The van der Waals surface area contributed by atoms with Crippen molar-refractivity contribution in [2.24, 2.45) is 5.41 Å². The third-order valence-electron chi connectivity index (χ3n) is 5.11. The molecule has 7 heteroatoms. The topological polar surface area (TPSA) is 79.8 Å². The summed E-state index contributed by atoms with van der Waals surface area (Å²) in [6, 6.07) is 11.3. The number of methoxy groups -OCH3 is 1. The van der Waals surface area contributed by atoms with Gasteiger partial charge in [0, 0.05) is 6.54 Å². The van der Waals surface area contributed by atoms with Crippen molar-refractivity contribution in [3.8, 4) is 11.5 Å². The van der Waals surface area contributed by atoms with Crippen LogP contribution in [0.4, 0.5) is 0 Å². The van der Waals surface area contributed by atoms with Crippen LogP contribution in [-0.2, 0) is 22.5 Å². The molecular weight excluding hydrogens is 424 g/mol. The van der Waals surface area contributed by atoms with E-state index in [0.29, 0.717) is 23.8 Å². The lowest BCUT2D eigenvalue weighted by molar-refractivity contribution is -0.153. The maximum Gasteiger partial charge on any atom is 0.311 e. The predicted molar refractivity (Wildman–Crippen MR) is 131 cm³/mol. The molecule has 6 nitrogen and oxygen atoms in total. The van der Waals surface area contributed by atoms with Crippen molar-refractivity contribution >= 4 is 23.3 Å². The Hall–Kier alpha value is -2.80. The number of aromatic hydroxyl groups is 1. The van der Waals surface area contributed by atoms with E-state index in [9.17, 15) is 9.90 Å². The average Bonchev–Trinajstić information content (AvgIpc) is 2.73. The average molecular weight is 459 g/mol. The lowest BCUT2D eigenvalue weighted by Gasteiger charge is -2.24. The lowest BCUT2D eigenvalue weighted by atomic mass is 9.97. The molecule has 1 unspecified atom stereocenters. The highest BCUT2D eigenvalue weighted by molar-refractivity contribution is 7.80. The zero-order valence-electron chi connectivity index (χ0n) is 19.7. The number of aryl methyl sites for hydroxylation is 2. The molecule has 0 saturated heterocycles. The normalized spacial score (nSPS) is 12.1. The first-order valence-electron chi connectivity index (χ1n) is 10.6. The van der Waals surface area contributed by atoms with E-state index in [0.717, 1.165) is 11.1 Å². The van der Waals surface area contributed by atoms with Gasteiger partial charge in [0.1, 0.15) is 6.61 Å². The van der Waals surface area contributed by atoms with E-state index in [-0.39, 0.29) is 24.4 Å². The zero-order valence-corrected chi connectivity index (χ0v) is 20.6. The summed E-state index contributed by atoms with van der Waals surface area (Å²) < 4.78 is 10.7. The Balaban J connectivity index is 2.04. The van der Waals surface area contributed by atoms with E-state index in [2.05, 4.69) is 42.7 Å². The van der Waals surface area contributed by atoms with Gasteiger partial charge in [-0.15, -0.1) is 0 Å². The number of ether oxygens (including phenoxy) is 2. The van der Waals surface area contributed by atoms with E-state index in [1.807, 2.05) is 20.8 Å². The molecule has 0 saturated carbocycles. The Bertz CT molecular complexity index is 953. The molecule has 0 aliphatic rings. The van der Waals surface area contributed by atoms with Gasteiger partial charge in [0.25, 0.3) is 0 Å². The summed E-state index contributed by atoms with van der Waals surface area (Å²) in [5.74, 6) is 0.246. The molecule has 2 rings (SSSR count). The highest BCUT2D eigenvalue weighted by Gasteiger charge is 2.24. The predicted octanol–water partition coefficient (Wildman–Crippen LogP) is 4.18. The fraction of sp³-hybridized carbons (Fsp3) is 0.440. The van der Waals surface area contributed by atoms with E-state index in [4.69, 9.17) is 21.7 Å². The van der Waals surface area contributed by atoms with Crippen molar-refractivity contribution in [3.05, 3.63) is 58.7 Å². The monoisotopic (exact) mass is 458 g/mol. The van der Waals surface area contributed by atoms with Gasteiger partial charge in [0.05, 0.1) is 18.6 Å². The molecule has 0 aromatic heterocycles. The van der Waals surface area contributed by atoms with Crippen LogP contribution in [0.15, 0.2) is 36.4 Å². The summed E-state index contributed by atoms with van der Waals surface area (Å²) in [4.78, 5) is 12.3. The lowest BCUT2D eigenvalue weighted by Crippen LogP contribution is -2.45. The molecule has 0 spiro atoms. The van der Waals surface area contributed by atoms with Crippen molar-refractivity contribution in [2.75, 3.05) is 13.7 Å². The summed E-state index contributed by atoms with van der Waals surface area (Å²) >= 11 is 5.49. The van der Waals surface area contributed by atoms with Gasteiger partial charge in [-0.1, -0.05) is 24.3 Å². The van der Waals surface area contributed by atoms with Gasteiger partial charge in [-0.2, -0.15) is 0 Å². The second kappa shape index (κ2) is 11.2. The number of benzene rings is 2. The summed E-state index contributed by atoms with van der Waals surface area (Å²) in [7, 11) is 1.51. The summed E-state index contributed by atoms with van der Waals surface area (Å²) in [6.07, 6.45) is 0.660. The molecule has 2 aromatic rings. The third-order valence-corrected chi connectivity index (χ3v) is 5.38. The minimum atomic E-state index is -0.568. The number of nitrogens with one attached hydrogen (secondary N) is 2. The Morgan fingerprint density at radius 1 is 1.09 bits per heavy atom. The number of carbonyl (C=O) groups is 1. The van der Waals surface area contributed by atoms with Crippen LogP contribution in [-0.4, -0.2) is 35.9 Å². The molecule has 174 valence electrons. The summed E-state index contributed by atoms with van der Waals surface area (Å²) in [5, 5.41) is 16.6. The van der Waals surface area contributed by atoms with Crippen LogP contribution in [0.25, 0.3) is 0 Å². The van der Waals surface area contributed by atoms with E-state index in [1.54, 1.807) is 18.2 Å². The van der Waals surface area contributed by atoms with Gasteiger partial charge in [-0.25, -0.2) is 0 Å². The minimum absolute atomic E-state index is 0.0890. The first kappa shape index (κ1) is 25.5. The number of esters is 1. The standard InChI is InChI=1S/C25H34N2O4S/c1-16-7-8-18(11-17(16)2)12-20(15-31-23(29)25(3,4)5)27-24(32)26-14-19-9-10-21(28)22(13-19)30-6/h7-11,13,20,28H,12,14-15H2,1-6H3,(H2,26,27,32). The Morgan fingerprint density at radius 3 is 2.41 bits per heavy atom. The molecule has 3 N–H and O–H groups in total. The molecule has 0 aliphatic heterocycles. The molecule has 0 amide bonds.